The number of imidazole rings is 1. The lowest BCUT2D eigenvalue weighted by Crippen LogP contribution is -2.49. The molecule has 1 aliphatic rings. The highest BCUT2D eigenvalue weighted by Gasteiger charge is 2.33. The summed E-state index contributed by atoms with van der Waals surface area (Å²) in [6.45, 7) is 2.67. The zero-order valence-corrected chi connectivity index (χ0v) is 19.7. The summed E-state index contributed by atoms with van der Waals surface area (Å²) in [5.41, 5.74) is 1.41. The van der Waals surface area contributed by atoms with Crippen molar-refractivity contribution in [3.05, 3.63) is 59.6 Å². The highest BCUT2D eigenvalue weighted by molar-refractivity contribution is 9.10. The first-order chi connectivity index (χ1) is 16.5. The molecule has 2 amide bonds. The fraction of sp³-hybridized carbons (Fsp3) is 0.286. The average molecular weight is 526 g/mol. The molecular formula is C21H20BrN9O3. The van der Waals surface area contributed by atoms with Gasteiger partial charge in [-0.15, -0.1) is 5.10 Å². The van der Waals surface area contributed by atoms with Crippen LogP contribution < -0.4 is 5.32 Å². The molecule has 5 rings (SSSR count). The van der Waals surface area contributed by atoms with Crippen molar-refractivity contribution in [3.8, 4) is 0 Å². The van der Waals surface area contributed by atoms with E-state index in [9.17, 15) is 9.59 Å². The summed E-state index contributed by atoms with van der Waals surface area (Å²) in [5.74, 6) is -0.00766. The molecule has 1 aromatic carbocycles. The standard InChI is InChI=1S/C21H20BrN9O3/c1-2-14-8-29(21(33)31-12-26-20(22)28-31)9-15(34-14)30-11-25-16-17(23-10-24-18(16)30)27-19(32)13-6-4-3-5-7-13/h3-7,10-12,14-15H,2,8-9H2,1H3,(H,23,24,27,32)/t14-,15-/m1/s1. The van der Waals surface area contributed by atoms with Crippen molar-refractivity contribution in [2.75, 3.05) is 18.4 Å². The van der Waals surface area contributed by atoms with Gasteiger partial charge in [-0.1, -0.05) is 25.1 Å². The van der Waals surface area contributed by atoms with Gasteiger partial charge < -0.3 is 15.0 Å². The second-order valence-electron chi connectivity index (χ2n) is 7.63. The van der Waals surface area contributed by atoms with Gasteiger partial charge in [0.15, 0.2) is 23.2 Å². The molecule has 3 aromatic heterocycles. The Hall–Kier alpha value is -3.71. The number of carbonyl (C=O) groups is 2. The number of amides is 2. The van der Waals surface area contributed by atoms with Gasteiger partial charge in [-0.05, 0) is 34.5 Å². The van der Waals surface area contributed by atoms with Gasteiger partial charge in [-0.3, -0.25) is 9.36 Å². The van der Waals surface area contributed by atoms with Crippen LogP contribution in [0.1, 0.15) is 29.9 Å². The van der Waals surface area contributed by atoms with Crippen molar-refractivity contribution in [3.63, 3.8) is 0 Å². The van der Waals surface area contributed by atoms with Crippen molar-refractivity contribution >= 4 is 44.8 Å². The molecule has 0 saturated carbocycles. The van der Waals surface area contributed by atoms with Crippen LogP contribution in [0.4, 0.5) is 10.6 Å². The summed E-state index contributed by atoms with van der Waals surface area (Å²) in [6.07, 6.45) is 4.28. The number of ether oxygens (including phenoxy) is 1. The molecule has 174 valence electrons. The second-order valence-corrected chi connectivity index (χ2v) is 8.34. The number of benzene rings is 1. The molecule has 1 fully saturated rings. The zero-order chi connectivity index (χ0) is 23.7. The van der Waals surface area contributed by atoms with Crippen LogP contribution in [0.3, 0.4) is 0 Å². The van der Waals surface area contributed by atoms with Gasteiger partial charge in [0, 0.05) is 12.1 Å². The summed E-state index contributed by atoms with van der Waals surface area (Å²) in [6, 6.07) is 8.53. The van der Waals surface area contributed by atoms with Crippen LogP contribution >= 0.6 is 15.9 Å². The van der Waals surface area contributed by atoms with Crippen LogP contribution in [0.2, 0.25) is 0 Å². The molecule has 0 spiro atoms. The number of carbonyl (C=O) groups excluding carboxylic acids is 2. The van der Waals surface area contributed by atoms with E-state index in [1.165, 1.54) is 17.3 Å². The van der Waals surface area contributed by atoms with Crippen LogP contribution in [0.15, 0.2) is 54.0 Å². The van der Waals surface area contributed by atoms with Gasteiger partial charge in [0.25, 0.3) is 5.91 Å². The predicted molar refractivity (Wildman–Crippen MR) is 124 cm³/mol. The summed E-state index contributed by atoms with van der Waals surface area (Å²) < 4.78 is 9.49. The number of aromatic nitrogens is 7. The fourth-order valence-electron chi connectivity index (χ4n) is 3.76. The van der Waals surface area contributed by atoms with Gasteiger partial charge in [0.2, 0.25) is 4.73 Å². The van der Waals surface area contributed by atoms with Crippen LogP contribution in [-0.2, 0) is 4.74 Å². The van der Waals surface area contributed by atoms with Crippen LogP contribution in [-0.4, -0.2) is 70.3 Å². The van der Waals surface area contributed by atoms with Crippen molar-refractivity contribution in [2.45, 2.75) is 25.7 Å². The second kappa shape index (κ2) is 9.27. The average Bonchev–Trinajstić information content (AvgIpc) is 3.51. The van der Waals surface area contributed by atoms with Crippen molar-refractivity contribution in [1.82, 2.24) is 39.2 Å². The Kier molecular flexibility index (Phi) is 6.02. The molecule has 0 aliphatic carbocycles. The maximum Gasteiger partial charge on any atom is 0.346 e. The van der Waals surface area contributed by atoms with Crippen LogP contribution in [0, 0.1) is 0 Å². The Morgan fingerprint density at radius 1 is 1.12 bits per heavy atom. The quantitative estimate of drug-likeness (QED) is 0.429. The third-order valence-electron chi connectivity index (χ3n) is 5.47. The van der Waals surface area contributed by atoms with Crippen molar-refractivity contribution in [2.24, 2.45) is 0 Å². The molecule has 12 nitrogen and oxygen atoms in total. The number of halogens is 1. The summed E-state index contributed by atoms with van der Waals surface area (Å²) in [5, 5.41) is 6.84. The molecule has 1 N–H and O–H groups in total. The number of hydrogen-bond donors (Lipinski definition) is 1. The first kappa shape index (κ1) is 22.1. The SMILES string of the molecule is CC[C@@H]1CN(C(=O)n2cnc(Br)n2)C[C@H](n2cnc3c(NC(=O)c4ccccc4)ncnc32)O1. The number of fused-ring (bicyclic) bond motifs is 1. The van der Waals surface area contributed by atoms with E-state index in [-0.39, 0.29) is 24.6 Å². The van der Waals surface area contributed by atoms with E-state index in [4.69, 9.17) is 4.74 Å². The minimum absolute atomic E-state index is 0.189. The topological polar surface area (TPSA) is 133 Å². The van der Waals surface area contributed by atoms with E-state index in [1.807, 2.05) is 13.0 Å². The normalized spacial score (nSPS) is 18.2. The van der Waals surface area contributed by atoms with E-state index in [2.05, 4.69) is 46.3 Å². The smallest absolute Gasteiger partial charge is 0.346 e. The monoisotopic (exact) mass is 525 g/mol. The maximum absolute atomic E-state index is 13.0. The minimum Gasteiger partial charge on any atom is -0.351 e. The minimum atomic E-state index is -0.535. The molecule has 34 heavy (non-hydrogen) atoms. The van der Waals surface area contributed by atoms with E-state index in [0.29, 0.717) is 40.2 Å². The van der Waals surface area contributed by atoms with Crippen LogP contribution in [0.25, 0.3) is 11.2 Å². The number of morpholine rings is 1. The Labute approximate surface area is 202 Å². The summed E-state index contributed by atoms with van der Waals surface area (Å²) in [7, 11) is 0. The van der Waals surface area contributed by atoms with Crippen LogP contribution in [0.5, 0.6) is 0 Å². The zero-order valence-electron chi connectivity index (χ0n) is 18.1. The highest BCUT2D eigenvalue weighted by Crippen LogP contribution is 2.27. The number of nitrogens with zero attached hydrogens (tertiary/aromatic N) is 8. The number of hydrogen-bond acceptors (Lipinski definition) is 8. The molecule has 2 atom stereocenters. The molecule has 13 heteroatoms. The van der Waals surface area contributed by atoms with Gasteiger partial charge in [-0.2, -0.15) is 4.68 Å². The predicted octanol–water partition coefficient (Wildman–Crippen LogP) is 2.71. The number of anilines is 1. The first-order valence-electron chi connectivity index (χ1n) is 10.6. The Balaban J connectivity index is 1.42. The molecule has 1 aliphatic heterocycles. The molecule has 4 heterocycles. The lowest BCUT2D eigenvalue weighted by Gasteiger charge is -2.37. The van der Waals surface area contributed by atoms with Crippen molar-refractivity contribution < 1.29 is 14.3 Å². The lowest BCUT2D eigenvalue weighted by molar-refractivity contribution is -0.108. The third kappa shape index (κ3) is 4.26. The molecule has 0 unspecified atom stereocenters. The number of rotatable bonds is 4. The largest absolute Gasteiger partial charge is 0.351 e. The fourth-order valence-corrected chi connectivity index (χ4v) is 4.02. The Bertz CT molecular complexity index is 1340. The van der Waals surface area contributed by atoms with Gasteiger partial charge in [0.05, 0.1) is 19.0 Å². The Morgan fingerprint density at radius 3 is 2.68 bits per heavy atom. The highest BCUT2D eigenvalue weighted by atomic mass is 79.9. The number of nitrogens with one attached hydrogen (secondary N) is 1. The maximum atomic E-state index is 13.0. The van der Waals surface area contributed by atoms with E-state index in [1.54, 1.807) is 40.1 Å². The third-order valence-corrected chi connectivity index (χ3v) is 5.84. The van der Waals surface area contributed by atoms with Crippen molar-refractivity contribution in [1.29, 1.82) is 0 Å². The van der Waals surface area contributed by atoms with E-state index < -0.39 is 6.23 Å². The van der Waals surface area contributed by atoms with Gasteiger partial charge in [-0.25, -0.2) is 24.7 Å². The van der Waals surface area contributed by atoms with Gasteiger partial charge >= 0.3 is 6.03 Å². The molecule has 0 bridgehead atoms. The molecule has 1 saturated heterocycles. The molecule has 0 radical (unpaired) electrons. The van der Waals surface area contributed by atoms with Gasteiger partial charge in [0.1, 0.15) is 12.7 Å². The first-order valence-corrected chi connectivity index (χ1v) is 11.4. The van der Waals surface area contributed by atoms with E-state index in [0.717, 1.165) is 0 Å². The molecular weight excluding hydrogens is 506 g/mol. The van der Waals surface area contributed by atoms with E-state index >= 15 is 0 Å². The Morgan fingerprint density at radius 2 is 1.94 bits per heavy atom. The summed E-state index contributed by atoms with van der Waals surface area (Å²) in [4.78, 5) is 44.2. The summed E-state index contributed by atoms with van der Waals surface area (Å²) >= 11 is 3.16. The lowest BCUT2D eigenvalue weighted by atomic mass is 10.2. The molecule has 4 aromatic rings.